The van der Waals surface area contributed by atoms with Gasteiger partial charge >= 0.3 is 0 Å². The molecule has 0 amide bonds. The maximum atomic E-state index is 5.31. The van der Waals surface area contributed by atoms with Crippen molar-refractivity contribution in [2.24, 2.45) is 0 Å². The standard InChI is InChI=1S/C17H15NO2S2/c1-19-14-7-5-12(10-15(14)20-2)6-8-17-18-13(11-22-17)16-4-3-9-21-16/h3-11H,1-2H3. The fourth-order valence-corrected chi connectivity index (χ4v) is 3.50. The molecule has 0 saturated heterocycles. The third kappa shape index (κ3) is 3.21. The van der Waals surface area contributed by atoms with Crippen molar-refractivity contribution in [2.75, 3.05) is 14.2 Å². The van der Waals surface area contributed by atoms with Crippen molar-refractivity contribution in [3.05, 3.63) is 51.7 Å². The SMILES string of the molecule is COc1ccc(C=Cc2nc(-c3cccs3)cs2)cc1OC. The van der Waals surface area contributed by atoms with Crippen LogP contribution in [0.3, 0.4) is 0 Å². The van der Waals surface area contributed by atoms with Gasteiger partial charge in [0.2, 0.25) is 0 Å². The zero-order valence-electron chi connectivity index (χ0n) is 12.3. The van der Waals surface area contributed by atoms with Crippen molar-refractivity contribution in [1.82, 2.24) is 4.98 Å². The summed E-state index contributed by atoms with van der Waals surface area (Å²) in [5.74, 6) is 1.46. The summed E-state index contributed by atoms with van der Waals surface area (Å²) in [6, 6.07) is 9.96. The van der Waals surface area contributed by atoms with E-state index in [1.807, 2.05) is 36.4 Å². The number of methoxy groups -OCH3 is 2. The molecule has 112 valence electrons. The largest absolute Gasteiger partial charge is 0.493 e. The molecule has 0 aliphatic carbocycles. The molecule has 0 bridgehead atoms. The van der Waals surface area contributed by atoms with E-state index in [0.29, 0.717) is 0 Å². The van der Waals surface area contributed by atoms with E-state index in [0.717, 1.165) is 27.8 Å². The Morgan fingerprint density at radius 1 is 1.00 bits per heavy atom. The summed E-state index contributed by atoms with van der Waals surface area (Å²) in [7, 11) is 3.27. The fourth-order valence-electron chi connectivity index (χ4n) is 2.03. The third-order valence-corrected chi connectivity index (χ3v) is 4.82. The van der Waals surface area contributed by atoms with Gasteiger partial charge in [0.1, 0.15) is 5.01 Å². The number of nitrogens with zero attached hydrogens (tertiary/aromatic N) is 1. The molecule has 0 spiro atoms. The minimum atomic E-state index is 0.725. The van der Waals surface area contributed by atoms with Gasteiger partial charge < -0.3 is 9.47 Å². The van der Waals surface area contributed by atoms with E-state index < -0.39 is 0 Å². The van der Waals surface area contributed by atoms with E-state index in [2.05, 4.69) is 21.8 Å². The lowest BCUT2D eigenvalue weighted by atomic mass is 10.2. The molecular formula is C17H15NO2S2. The molecule has 3 rings (SSSR count). The van der Waals surface area contributed by atoms with E-state index in [9.17, 15) is 0 Å². The number of rotatable bonds is 5. The molecular weight excluding hydrogens is 314 g/mol. The second kappa shape index (κ2) is 6.77. The summed E-state index contributed by atoms with van der Waals surface area (Å²) in [5, 5.41) is 5.13. The number of benzene rings is 1. The van der Waals surface area contributed by atoms with Crippen LogP contribution in [0.2, 0.25) is 0 Å². The smallest absolute Gasteiger partial charge is 0.161 e. The maximum absolute atomic E-state index is 5.31. The molecule has 5 heteroatoms. The minimum absolute atomic E-state index is 0.725. The molecule has 0 fully saturated rings. The molecule has 3 nitrogen and oxygen atoms in total. The Labute approximate surface area is 137 Å². The van der Waals surface area contributed by atoms with Crippen molar-refractivity contribution >= 4 is 34.8 Å². The van der Waals surface area contributed by atoms with Crippen molar-refractivity contribution in [3.8, 4) is 22.1 Å². The van der Waals surface area contributed by atoms with E-state index in [4.69, 9.17) is 9.47 Å². The Kier molecular flexibility index (Phi) is 4.56. The van der Waals surface area contributed by atoms with E-state index in [-0.39, 0.29) is 0 Å². The van der Waals surface area contributed by atoms with E-state index in [1.54, 1.807) is 36.9 Å². The van der Waals surface area contributed by atoms with Gasteiger partial charge in [-0.1, -0.05) is 18.2 Å². The zero-order valence-corrected chi connectivity index (χ0v) is 13.9. The van der Waals surface area contributed by atoms with Crippen molar-refractivity contribution in [2.45, 2.75) is 0 Å². The van der Waals surface area contributed by atoms with Gasteiger partial charge in [-0.25, -0.2) is 4.98 Å². The van der Waals surface area contributed by atoms with Crippen LogP contribution in [0.5, 0.6) is 11.5 Å². The maximum Gasteiger partial charge on any atom is 0.161 e. The lowest BCUT2D eigenvalue weighted by molar-refractivity contribution is 0.355. The molecule has 0 aliphatic heterocycles. The highest BCUT2D eigenvalue weighted by Gasteiger charge is 2.04. The highest BCUT2D eigenvalue weighted by molar-refractivity contribution is 7.14. The Morgan fingerprint density at radius 2 is 1.86 bits per heavy atom. The average molecular weight is 329 g/mol. The lowest BCUT2D eigenvalue weighted by Crippen LogP contribution is -1.90. The second-order valence-corrected chi connectivity index (χ2v) is 6.33. The third-order valence-electron chi connectivity index (χ3n) is 3.12. The first kappa shape index (κ1) is 14.8. The number of aromatic nitrogens is 1. The normalized spacial score (nSPS) is 11.0. The molecule has 1 aromatic carbocycles. The van der Waals surface area contributed by atoms with Crippen LogP contribution in [-0.4, -0.2) is 19.2 Å². The van der Waals surface area contributed by atoms with Crippen molar-refractivity contribution in [3.63, 3.8) is 0 Å². The van der Waals surface area contributed by atoms with Gasteiger partial charge in [-0.3, -0.25) is 0 Å². The molecule has 3 aromatic rings. The first-order chi connectivity index (χ1) is 10.8. The summed E-state index contributed by atoms with van der Waals surface area (Å²) < 4.78 is 10.6. The van der Waals surface area contributed by atoms with E-state index >= 15 is 0 Å². The molecule has 0 unspecified atom stereocenters. The summed E-state index contributed by atoms with van der Waals surface area (Å²) in [6.45, 7) is 0. The van der Waals surface area contributed by atoms with Crippen LogP contribution in [0.25, 0.3) is 22.7 Å². The Bertz CT molecular complexity index is 776. The van der Waals surface area contributed by atoms with Gasteiger partial charge in [-0.15, -0.1) is 22.7 Å². The topological polar surface area (TPSA) is 31.4 Å². The minimum Gasteiger partial charge on any atom is -0.493 e. The quantitative estimate of drug-likeness (QED) is 0.655. The van der Waals surface area contributed by atoms with Gasteiger partial charge in [0.05, 0.1) is 24.8 Å². The van der Waals surface area contributed by atoms with Gasteiger partial charge in [0, 0.05) is 5.38 Å². The molecule has 0 saturated carbocycles. The molecule has 0 radical (unpaired) electrons. The lowest BCUT2D eigenvalue weighted by Gasteiger charge is -2.07. The Hall–Kier alpha value is -2.11. The zero-order chi connectivity index (χ0) is 15.4. The molecule has 22 heavy (non-hydrogen) atoms. The predicted molar refractivity (Wildman–Crippen MR) is 93.9 cm³/mol. The Morgan fingerprint density at radius 3 is 2.59 bits per heavy atom. The summed E-state index contributed by atoms with van der Waals surface area (Å²) in [5.41, 5.74) is 2.08. The first-order valence-corrected chi connectivity index (χ1v) is 8.45. The van der Waals surface area contributed by atoms with Crippen LogP contribution in [0.4, 0.5) is 0 Å². The molecule has 0 aliphatic rings. The van der Waals surface area contributed by atoms with Crippen LogP contribution in [-0.2, 0) is 0 Å². The van der Waals surface area contributed by atoms with Crippen LogP contribution < -0.4 is 9.47 Å². The predicted octanol–water partition coefficient (Wildman–Crippen LogP) is 5.06. The molecule has 2 aromatic heterocycles. The van der Waals surface area contributed by atoms with Gasteiger partial charge in [0.15, 0.2) is 11.5 Å². The monoisotopic (exact) mass is 329 g/mol. The van der Waals surface area contributed by atoms with Gasteiger partial charge in [-0.2, -0.15) is 0 Å². The van der Waals surface area contributed by atoms with E-state index in [1.165, 1.54) is 4.88 Å². The number of hydrogen-bond donors (Lipinski definition) is 0. The summed E-state index contributed by atoms with van der Waals surface area (Å²) in [6.07, 6.45) is 4.04. The van der Waals surface area contributed by atoms with Crippen LogP contribution in [0.15, 0.2) is 41.1 Å². The molecule has 2 heterocycles. The van der Waals surface area contributed by atoms with Crippen LogP contribution in [0.1, 0.15) is 10.6 Å². The number of thiazole rings is 1. The highest BCUT2D eigenvalue weighted by atomic mass is 32.1. The number of ether oxygens (including phenoxy) is 2. The summed E-state index contributed by atoms with van der Waals surface area (Å²) >= 11 is 3.34. The number of thiophene rings is 1. The average Bonchev–Trinajstić information content (AvgIpc) is 3.23. The van der Waals surface area contributed by atoms with Crippen molar-refractivity contribution in [1.29, 1.82) is 0 Å². The van der Waals surface area contributed by atoms with Crippen LogP contribution in [0, 0.1) is 0 Å². The fraction of sp³-hybridized carbons (Fsp3) is 0.118. The van der Waals surface area contributed by atoms with Crippen LogP contribution >= 0.6 is 22.7 Å². The number of hydrogen-bond acceptors (Lipinski definition) is 5. The highest BCUT2D eigenvalue weighted by Crippen LogP contribution is 2.29. The molecule has 0 N–H and O–H groups in total. The Balaban J connectivity index is 1.79. The van der Waals surface area contributed by atoms with Crippen molar-refractivity contribution < 1.29 is 9.47 Å². The first-order valence-electron chi connectivity index (χ1n) is 6.69. The van der Waals surface area contributed by atoms with Gasteiger partial charge in [0.25, 0.3) is 0 Å². The van der Waals surface area contributed by atoms with Gasteiger partial charge in [-0.05, 0) is 35.2 Å². The summed E-state index contributed by atoms with van der Waals surface area (Å²) in [4.78, 5) is 5.83. The molecule has 0 atom stereocenters. The second-order valence-electron chi connectivity index (χ2n) is 4.50.